The van der Waals surface area contributed by atoms with Crippen molar-refractivity contribution in [1.29, 1.82) is 0 Å². The molecule has 0 aromatic carbocycles. The molecule has 3 saturated carbocycles. The van der Waals surface area contributed by atoms with E-state index in [1.807, 2.05) is 13.8 Å². The highest BCUT2D eigenvalue weighted by atomic mass is 16.5. The molecule has 2 unspecified atom stereocenters. The van der Waals surface area contributed by atoms with Crippen molar-refractivity contribution in [2.75, 3.05) is 6.61 Å². The number of allylic oxidation sites excluding steroid dienone is 1. The number of aliphatic hydroxyl groups excluding tert-OH is 1. The van der Waals surface area contributed by atoms with Gasteiger partial charge >= 0.3 is 5.97 Å². The van der Waals surface area contributed by atoms with E-state index in [4.69, 9.17) is 9.84 Å². The predicted octanol–water partition coefficient (Wildman–Crippen LogP) is 7.46. The second-order valence-corrected chi connectivity index (χ2v) is 15.5. The number of hydrogen-bond acceptors (Lipinski definition) is 4. The third kappa shape index (κ3) is 6.50. The molecule has 5 nitrogen and oxygen atoms in total. The molecule has 228 valence electrons. The Morgan fingerprint density at radius 1 is 1.00 bits per heavy atom. The minimum absolute atomic E-state index is 0.125. The Morgan fingerprint density at radius 2 is 1.75 bits per heavy atom. The van der Waals surface area contributed by atoms with Gasteiger partial charge in [0.25, 0.3) is 0 Å². The van der Waals surface area contributed by atoms with Crippen molar-refractivity contribution in [3.05, 3.63) is 11.6 Å². The van der Waals surface area contributed by atoms with Crippen molar-refractivity contribution in [1.82, 2.24) is 5.32 Å². The van der Waals surface area contributed by atoms with Crippen LogP contribution in [0.5, 0.6) is 0 Å². The lowest BCUT2D eigenvalue weighted by molar-refractivity contribution is -0.156. The maximum atomic E-state index is 13.1. The molecule has 4 aliphatic carbocycles. The molecule has 3 fully saturated rings. The van der Waals surface area contributed by atoms with Gasteiger partial charge in [0.1, 0.15) is 18.8 Å². The number of esters is 1. The van der Waals surface area contributed by atoms with Gasteiger partial charge < -0.3 is 15.2 Å². The Kier molecular flexibility index (Phi) is 10.2. The Bertz CT molecular complexity index is 926. The smallest absolute Gasteiger partial charge is 0.328 e. The average molecular weight is 558 g/mol. The number of rotatable bonds is 11. The Labute approximate surface area is 244 Å². The molecule has 4 aliphatic rings. The molecule has 1 amide bonds. The zero-order valence-corrected chi connectivity index (χ0v) is 26.6. The number of hydrogen-bond donors (Lipinski definition) is 2. The first-order valence-electron chi connectivity index (χ1n) is 16.7. The van der Waals surface area contributed by atoms with E-state index in [-0.39, 0.29) is 23.4 Å². The van der Waals surface area contributed by atoms with Crippen LogP contribution in [-0.4, -0.2) is 35.7 Å². The summed E-state index contributed by atoms with van der Waals surface area (Å²) < 4.78 is 6.03. The number of ether oxygens (including phenoxy) is 1. The van der Waals surface area contributed by atoms with E-state index in [9.17, 15) is 9.59 Å². The molecule has 0 heterocycles. The molecule has 0 spiro atoms. The largest absolute Gasteiger partial charge is 0.461 e. The summed E-state index contributed by atoms with van der Waals surface area (Å²) in [5.74, 6) is 4.27. The van der Waals surface area contributed by atoms with Gasteiger partial charge in [0.2, 0.25) is 5.91 Å². The Hall–Kier alpha value is -1.36. The number of amides is 1. The maximum absolute atomic E-state index is 13.1. The molecule has 0 bridgehead atoms. The fourth-order valence-electron chi connectivity index (χ4n) is 9.92. The highest BCUT2D eigenvalue weighted by Gasteiger charge is 2.59. The average Bonchev–Trinajstić information content (AvgIpc) is 3.25. The number of aliphatic hydroxyl groups is 1. The van der Waals surface area contributed by atoms with E-state index in [0.29, 0.717) is 11.8 Å². The van der Waals surface area contributed by atoms with Crippen molar-refractivity contribution >= 4 is 11.9 Å². The summed E-state index contributed by atoms with van der Waals surface area (Å²) in [4.78, 5) is 24.9. The minimum Gasteiger partial charge on any atom is -0.461 e. The molecule has 9 atom stereocenters. The van der Waals surface area contributed by atoms with Crippen molar-refractivity contribution in [3.8, 4) is 0 Å². The van der Waals surface area contributed by atoms with Crippen LogP contribution in [0.15, 0.2) is 11.6 Å². The van der Waals surface area contributed by atoms with Gasteiger partial charge in [0.05, 0.1) is 0 Å². The van der Waals surface area contributed by atoms with Crippen molar-refractivity contribution in [2.24, 2.45) is 52.3 Å². The highest BCUT2D eigenvalue weighted by Crippen LogP contribution is 2.67. The molecule has 4 rings (SSSR count). The molecular formula is C35H59NO4. The lowest BCUT2D eigenvalue weighted by Gasteiger charge is -2.58. The lowest BCUT2D eigenvalue weighted by Crippen LogP contribution is -2.51. The van der Waals surface area contributed by atoms with Crippen LogP contribution in [0.2, 0.25) is 0 Å². The Morgan fingerprint density at radius 3 is 2.42 bits per heavy atom. The summed E-state index contributed by atoms with van der Waals surface area (Å²) in [7, 11) is 0. The van der Waals surface area contributed by atoms with E-state index >= 15 is 0 Å². The lowest BCUT2D eigenvalue weighted by atomic mass is 9.47. The van der Waals surface area contributed by atoms with Crippen LogP contribution >= 0.6 is 0 Å². The zero-order valence-electron chi connectivity index (χ0n) is 26.6. The first-order valence-corrected chi connectivity index (χ1v) is 16.7. The van der Waals surface area contributed by atoms with Gasteiger partial charge in [-0.1, -0.05) is 79.4 Å². The van der Waals surface area contributed by atoms with Crippen LogP contribution in [0.4, 0.5) is 0 Å². The molecular weight excluding hydrogens is 498 g/mol. The number of fused-ring (bicyclic) bond motifs is 5. The van der Waals surface area contributed by atoms with Gasteiger partial charge in [-0.15, -0.1) is 0 Å². The van der Waals surface area contributed by atoms with Crippen molar-refractivity contribution in [2.45, 2.75) is 138 Å². The number of carbonyl (C=O) groups is 2. The van der Waals surface area contributed by atoms with Gasteiger partial charge in [-0.25, -0.2) is 4.79 Å². The first kappa shape index (κ1) is 31.6. The fraction of sp³-hybridized carbons (Fsp3) is 0.886. The summed E-state index contributed by atoms with van der Waals surface area (Å²) in [5.41, 5.74) is 2.23. The normalized spacial score (nSPS) is 36.8. The molecule has 2 N–H and O–H groups in total. The van der Waals surface area contributed by atoms with Crippen LogP contribution in [0.3, 0.4) is 0 Å². The summed E-state index contributed by atoms with van der Waals surface area (Å²) in [6, 6.07) is -0.697. The van der Waals surface area contributed by atoms with Gasteiger partial charge in [-0.05, 0) is 104 Å². The standard InChI is InChI=1S/C35H59NO4/c1-22(2)9-8-10-24(5)28-13-14-29-27-12-11-25-20-26(15-17-34(25,6)30(27)16-18-35(28,29)7)40-33(39)31(19-23(3)4)36-32(38)21-37/h11,22-24,26-31,37H,8-10,12-21H2,1-7H3,(H,36,38)/t24-,26+,27+,28?,29+,30+,31?,34+,35-/m1/s1. The van der Waals surface area contributed by atoms with E-state index in [0.717, 1.165) is 54.8 Å². The molecule has 0 radical (unpaired) electrons. The molecule has 0 aliphatic heterocycles. The number of carbonyl (C=O) groups excluding carboxylic acids is 2. The molecule has 0 saturated heterocycles. The molecule has 0 aromatic rings. The monoisotopic (exact) mass is 557 g/mol. The fourth-order valence-corrected chi connectivity index (χ4v) is 9.92. The van der Waals surface area contributed by atoms with E-state index < -0.39 is 18.6 Å². The summed E-state index contributed by atoms with van der Waals surface area (Å²) in [6.07, 6.45) is 16.6. The van der Waals surface area contributed by atoms with Crippen LogP contribution in [0.1, 0.15) is 126 Å². The molecule has 5 heteroatoms. The summed E-state index contributed by atoms with van der Waals surface area (Å²) in [5, 5.41) is 11.8. The summed E-state index contributed by atoms with van der Waals surface area (Å²) >= 11 is 0. The second kappa shape index (κ2) is 12.9. The van der Waals surface area contributed by atoms with Gasteiger partial charge in [-0.3, -0.25) is 4.79 Å². The molecule has 40 heavy (non-hydrogen) atoms. The highest BCUT2D eigenvalue weighted by molar-refractivity contribution is 5.85. The van der Waals surface area contributed by atoms with E-state index in [1.165, 1.54) is 56.9 Å². The topological polar surface area (TPSA) is 75.6 Å². The number of nitrogens with one attached hydrogen (secondary N) is 1. The predicted molar refractivity (Wildman–Crippen MR) is 161 cm³/mol. The summed E-state index contributed by atoms with van der Waals surface area (Å²) in [6.45, 7) is 15.9. The van der Waals surface area contributed by atoms with Gasteiger partial charge in [0, 0.05) is 6.42 Å². The first-order chi connectivity index (χ1) is 18.9. The van der Waals surface area contributed by atoms with E-state index in [2.05, 4.69) is 46.0 Å². The van der Waals surface area contributed by atoms with Gasteiger partial charge in [-0.2, -0.15) is 0 Å². The second-order valence-electron chi connectivity index (χ2n) is 15.5. The Balaban J connectivity index is 1.41. The SMILES string of the molecule is CC(C)CCC[C@@H](C)C1CC[C@H]2[C@@H]3CC=C4C[C@@H](OC(=O)C(CC(C)C)NC(=O)CO)CC[C@]4(C)[C@H]3CC[C@]12C. The molecule has 0 aromatic heterocycles. The van der Waals surface area contributed by atoms with Crippen LogP contribution < -0.4 is 5.32 Å². The van der Waals surface area contributed by atoms with Crippen LogP contribution in [-0.2, 0) is 14.3 Å². The van der Waals surface area contributed by atoms with E-state index in [1.54, 1.807) is 0 Å². The minimum atomic E-state index is -0.697. The van der Waals surface area contributed by atoms with Crippen molar-refractivity contribution < 1.29 is 19.4 Å². The van der Waals surface area contributed by atoms with Crippen LogP contribution in [0, 0.1) is 52.3 Å². The zero-order chi connectivity index (χ0) is 29.2. The maximum Gasteiger partial charge on any atom is 0.328 e. The third-order valence-electron chi connectivity index (χ3n) is 12.0. The quantitative estimate of drug-likeness (QED) is 0.204. The van der Waals surface area contributed by atoms with Crippen LogP contribution in [0.25, 0.3) is 0 Å². The van der Waals surface area contributed by atoms with Crippen molar-refractivity contribution in [3.63, 3.8) is 0 Å². The third-order valence-corrected chi connectivity index (χ3v) is 12.0. The van der Waals surface area contributed by atoms with Gasteiger partial charge in [0.15, 0.2) is 0 Å².